The highest BCUT2D eigenvalue weighted by atomic mass is 32.1. The molecule has 100 valence electrons. The maximum absolute atomic E-state index is 5.91. The molecular weight excluding hydrogens is 230 g/mol. The Morgan fingerprint density at radius 1 is 1.29 bits per heavy atom. The number of nitrogens with zero attached hydrogens (tertiary/aromatic N) is 1. The van der Waals surface area contributed by atoms with E-state index in [9.17, 15) is 0 Å². The summed E-state index contributed by atoms with van der Waals surface area (Å²) in [5, 5.41) is 0. The highest BCUT2D eigenvalue weighted by Crippen LogP contribution is 2.28. The average molecular weight is 257 g/mol. The number of morpholine rings is 1. The number of thiol groups is 1. The SMILES string of the molecule is CC(CCS)CCN1CCOC2CCCCC21. The summed E-state index contributed by atoms with van der Waals surface area (Å²) in [6, 6.07) is 0.723. The lowest BCUT2D eigenvalue weighted by atomic mass is 9.89. The van der Waals surface area contributed by atoms with Crippen molar-refractivity contribution in [2.24, 2.45) is 5.92 Å². The lowest BCUT2D eigenvalue weighted by Gasteiger charge is -2.44. The molecule has 0 N–H and O–H groups in total. The molecule has 0 amide bonds. The Labute approximate surface area is 112 Å². The Hall–Kier alpha value is 0.270. The van der Waals surface area contributed by atoms with Crippen molar-refractivity contribution >= 4 is 12.6 Å². The van der Waals surface area contributed by atoms with Gasteiger partial charge in [0.25, 0.3) is 0 Å². The van der Waals surface area contributed by atoms with Gasteiger partial charge in [-0.3, -0.25) is 4.90 Å². The van der Waals surface area contributed by atoms with E-state index < -0.39 is 0 Å². The molecule has 2 aliphatic rings. The minimum absolute atomic E-state index is 0.540. The third-order valence-corrected chi connectivity index (χ3v) is 4.64. The van der Waals surface area contributed by atoms with Crippen molar-refractivity contribution in [1.29, 1.82) is 0 Å². The van der Waals surface area contributed by atoms with Crippen LogP contribution < -0.4 is 0 Å². The van der Waals surface area contributed by atoms with Gasteiger partial charge in [-0.15, -0.1) is 0 Å². The molecule has 0 bridgehead atoms. The standard InChI is InChI=1S/C14H27NOS/c1-12(7-11-17)6-8-15-9-10-16-14-5-3-2-4-13(14)15/h12-14,17H,2-11H2,1H3. The van der Waals surface area contributed by atoms with E-state index in [1.165, 1.54) is 45.1 Å². The third kappa shape index (κ3) is 3.87. The van der Waals surface area contributed by atoms with E-state index in [4.69, 9.17) is 4.74 Å². The summed E-state index contributed by atoms with van der Waals surface area (Å²) < 4.78 is 5.91. The molecule has 0 aromatic rings. The Morgan fingerprint density at radius 2 is 2.12 bits per heavy atom. The smallest absolute Gasteiger partial charge is 0.0730 e. The topological polar surface area (TPSA) is 12.5 Å². The molecule has 2 nitrogen and oxygen atoms in total. The molecule has 2 rings (SSSR count). The van der Waals surface area contributed by atoms with Crippen molar-refractivity contribution < 1.29 is 4.74 Å². The van der Waals surface area contributed by atoms with E-state index in [1.807, 2.05) is 0 Å². The molecule has 0 spiro atoms. The number of ether oxygens (including phenoxy) is 1. The first-order chi connectivity index (χ1) is 8.31. The molecular formula is C14H27NOS. The zero-order valence-corrected chi connectivity index (χ0v) is 12.0. The fraction of sp³-hybridized carbons (Fsp3) is 1.00. The monoisotopic (exact) mass is 257 g/mol. The Kier molecular flexibility index (Phi) is 5.64. The van der Waals surface area contributed by atoms with Gasteiger partial charge in [0.1, 0.15) is 0 Å². The van der Waals surface area contributed by atoms with Gasteiger partial charge >= 0.3 is 0 Å². The second-order valence-electron chi connectivity index (χ2n) is 5.70. The van der Waals surface area contributed by atoms with Gasteiger partial charge in [-0.05, 0) is 43.9 Å². The zero-order valence-electron chi connectivity index (χ0n) is 11.1. The van der Waals surface area contributed by atoms with Crippen molar-refractivity contribution in [2.75, 3.05) is 25.4 Å². The van der Waals surface area contributed by atoms with Crippen molar-refractivity contribution in [3.8, 4) is 0 Å². The fourth-order valence-electron chi connectivity index (χ4n) is 3.21. The predicted molar refractivity (Wildman–Crippen MR) is 75.8 cm³/mol. The molecule has 0 radical (unpaired) electrons. The van der Waals surface area contributed by atoms with Gasteiger partial charge in [0.2, 0.25) is 0 Å². The number of fused-ring (bicyclic) bond motifs is 1. The highest BCUT2D eigenvalue weighted by Gasteiger charge is 2.33. The van der Waals surface area contributed by atoms with E-state index in [0.717, 1.165) is 30.9 Å². The van der Waals surface area contributed by atoms with Crippen LogP contribution in [0, 0.1) is 5.92 Å². The molecule has 1 heterocycles. The van der Waals surface area contributed by atoms with Crippen LogP contribution in [0.1, 0.15) is 45.4 Å². The van der Waals surface area contributed by atoms with Crippen LogP contribution in [-0.4, -0.2) is 42.5 Å². The summed E-state index contributed by atoms with van der Waals surface area (Å²) in [6.07, 6.45) is 8.51. The molecule has 3 unspecified atom stereocenters. The minimum atomic E-state index is 0.540. The second kappa shape index (κ2) is 7.01. The van der Waals surface area contributed by atoms with Gasteiger partial charge in [0.15, 0.2) is 0 Å². The molecule has 3 heteroatoms. The molecule has 0 aromatic heterocycles. The van der Waals surface area contributed by atoms with Crippen LogP contribution in [-0.2, 0) is 4.74 Å². The predicted octanol–water partition coefficient (Wildman–Crippen LogP) is 2.98. The lowest BCUT2D eigenvalue weighted by Crippen LogP contribution is -2.52. The lowest BCUT2D eigenvalue weighted by molar-refractivity contribution is -0.0889. The van der Waals surface area contributed by atoms with Gasteiger partial charge in [0, 0.05) is 12.6 Å². The van der Waals surface area contributed by atoms with Crippen molar-refractivity contribution in [3.63, 3.8) is 0 Å². The van der Waals surface area contributed by atoms with Crippen LogP contribution in [0.25, 0.3) is 0 Å². The summed E-state index contributed by atoms with van der Waals surface area (Å²) in [5.74, 6) is 1.84. The van der Waals surface area contributed by atoms with Crippen molar-refractivity contribution in [2.45, 2.75) is 57.6 Å². The summed E-state index contributed by atoms with van der Waals surface area (Å²) >= 11 is 4.32. The van der Waals surface area contributed by atoms with Gasteiger partial charge < -0.3 is 4.74 Å². The van der Waals surface area contributed by atoms with Crippen LogP contribution in [0.5, 0.6) is 0 Å². The third-order valence-electron chi connectivity index (χ3n) is 4.38. The Morgan fingerprint density at radius 3 is 2.94 bits per heavy atom. The first-order valence-electron chi connectivity index (χ1n) is 7.27. The van der Waals surface area contributed by atoms with Crippen molar-refractivity contribution in [3.05, 3.63) is 0 Å². The highest BCUT2D eigenvalue weighted by molar-refractivity contribution is 7.80. The fourth-order valence-corrected chi connectivity index (χ4v) is 3.65. The molecule has 17 heavy (non-hydrogen) atoms. The summed E-state index contributed by atoms with van der Waals surface area (Å²) in [4.78, 5) is 2.70. The second-order valence-corrected chi connectivity index (χ2v) is 6.15. The maximum atomic E-state index is 5.91. The normalized spacial score (nSPS) is 32.1. The molecule has 3 atom stereocenters. The molecule has 1 aliphatic heterocycles. The van der Waals surface area contributed by atoms with Crippen molar-refractivity contribution in [1.82, 2.24) is 4.90 Å². The quantitative estimate of drug-likeness (QED) is 0.760. The number of rotatable bonds is 5. The average Bonchev–Trinajstić information content (AvgIpc) is 2.36. The first-order valence-corrected chi connectivity index (χ1v) is 7.91. The summed E-state index contributed by atoms with van der Waals surface area (Å²) in [6.45, 7) is 5.71. The van der Waals surface area contributed by atoms with Crippen LogP contribution in [0.3, 0.4) is 0 Å². The van der Waals surface area contributed by atoms with Gasteiger partial charge in [0.05, 0.1) is 12.7 Å². The van der Waals surface area contributed by atoms with Crippen LogP contribution >= 0.6 is 12.6 Å². The molecule has 0 aromatic carbocycles. The van der Waals surface area contributed by atoms with E-state index in [2.05, 4.69) is 24.5 Å². The van der Waals surface area contributed by atoms with Crippen LogP contribution in [0.15, 0.2) is 0 Å². The van der Waals surface area contributed by atoms with Gasteiger partial charge in [-0.1, -0.05) is 19.8 Å². The van der Waals surface area contributed by atoms with Gasteiger partial charge in [-0.2, -0.15) is 12.6 Å². The number of hydrogen-bond donors (Lipinski definition) is 1. The molecule has 1 saturated heterocycles. The Balaban J connectivity index is 1.78. The summed E-state index contributed by atoms with van der Waals surface area (Å²) in [7, 11) is 0. The summed E-state index contributed by atoms with van der Waals surface area (Å²) in [5.41, 5.74) is 0. The maximum Gasteiger partial charge on any atom is 0.0730 e. The minimum Gasteiger partial charge on any atom is -0.375 e. The largest absolute Gasteiger partial charge is 0.375 e. The van der Waals surface area contributed by atoms with Crippen LogP contribution in [0.2, 0.25) is 0 Å². The Bertz CT molecular complexity index is 222. The van der Waals surface area contributed by atoms with E-state index >= 15 is 0 Å². The van der Waals surface area contributed by atoms with E-state index in [-0.39, 0.29) is 0 Å². The van der Waals surface area contributed by atoms with E-state index in [0.29, 0.717) is 6.10 Å². The zero-order chi connectivity index (χ0) is 12.1. The molecule has 1 saturated carbocycles. The van der Waals surface area contributed by atoms with Crippen LogP contribution in [0.4, 0.5) is 0 Å². The number of hydrogen-bond acceptors (Lipinski definition) is 3. The molecule has 2 fully saturated rings. The first kappa shape index (κ1) is 13.7. The van der Waals surface area contributed by atoms with Gasteiger partial charge in [-0.25, -0.2) is 0 Å². The molecule has 1 aliphatic carbocycles. The van der Waals surface area contributed by atoms with E-state index in [1.54, 1.807) is 0 Å².